The molecule has 0 spiro atoms. The van der Waals surface area contributed by atoms with Crippen LogP contribution in [0.2, 0.25) is 0 Å². The molecule has 114 valence electrons. The first-order valence-electron chi connectivity index (χ1n) is 6.17. The number of sulfone groups is 1. The maximum Gasteiger partial charge on any atom is 0.425 e. The fourth-order valence-corrected chi connectivity index (χ4v) is 4.43. The van der Waals surface area contributed by atoms with Gasteiger partial charge in [-0.25, -0.2) is 13.4 Å². The molecular formula is C12H11F3N2O2S2. The van der Waals surface area contributed by atoms with Crippen molar-refractivity contribution in [2.45, 2.75) is 36.0 Å². The van der Waals surface area contributed by atoms with Crippen molar-refractivity contribution in [3.05, 3.63) is 34.3 Å². The molecule has 0 radical (unpaired) electrons. The smallest absolute Gasteiger partial charge is 0.319 e. The molecule has 1 fully saturated rings. The van der Waals surface area contributed by atoms with Gasteiger partial charge in [-0.3, -0.25) is 0 Å². The van der Waals surface area contributed by atoms with Crippen molar-refractivity contribution in [2.75, 3.05) is 0 Å². The average molecular weight is 336 g/mol. The standard InChI is InChI=1S/C12H11F3N2O2S2/c13-12(14,15)10-5-8(6-20-10)7-21(18,19)11-16-3-4-17(11)9-1-2-9/h3-6,9H,1-2,7H2. The van der Waals surface area contributed by atoms with Crippen molar-refractivity contribution in [3.8, 4) is 0 Å². The van der Waals surface area contributed by atoms with E-state index in [4.69, 9.17) is 0 Å². The topological polar surface area (TPSA) is 52.0 Å². The van der Waals surface area contributed by atoms with E-state index in [1.165, 1.54) is 11.6 Å². The maximum absolute atomic E-state index is 12.5. The molecule has 2 aromatic heterocycles. The summed E-state index contributed by atoms with van der Waals surface area (Å²) in [6, 6.07) is 1.03. The third-order valence-electron chi connectivity index (χ3n) is 3.14. The Bertz CT molecular complexity index is 758. The number of nitrogens with zero attached hydrogens (tertiary/aromatic N) is 2. The fourth-order valence-electron chi connectivity index (χ4n) is 2.05. The van der Waals surface area contributed by atoms with Crippen molar-refractivity contribution in [3.63, 3.8) is 0 Å². The highest BCUT2D eigenvalue weighted by molar-refractivity contribution is 7.90. The van der Waals surface area contributed by atoms with E-state index < -0.39 is 26.6 Å². The van der Waals surface area contributed by atoms with Gasteiger partial charge in [-0.2, -0.15) is 13.2 Å². The van der Waals surface area contributed by atoms with Crippen molar-refractivity contribution >= 4 is 21.2 Å². The van der Waals surface area contributed by atoms with Crippen LogP contribution in [-0.4, -0.2) is 18.0 Å². The number of imidazole rings is 1. The number of rotatable bonds is 4. The molecule has 0 aromatic carbocycles. The van der Waals surface area contributed by atoms with Crippen LogP contribution < -0.4 is 0 Å². The van der Waals surface area contributed by atoms with E-state index in [2.05, 4.69) is 4.98 Å². The van der Waals surface area contributed by atoms with Crippen LogP contribution in [0, 0.1) is 0 Å². The van der Waals surface area contributed by atoms with Crippen molar-refractivity contribution in [2.24, 2.45) is 0 Å². The van der Waals surface area contributed by atoms with Crippen molar-refractivity contribution in [1.82, 2.24) is 9.55 Å². The summed E-state index contributed by atoms with van der Waals surface area (Å²) >= 11 is 0.501. The van der Waals surface area contributed by atoms with E-state index in [0.717, 1.165) is 18.9 Å². The van der Waals surface area contributed by atoms with Crippen LogP contribution in [0.25, 0.3) is 0 Å². The van der Waals surface area contributed by atoms with Crippen LogP contribution in [0.3, 0.4) is 0 Å². The molecule has 0 unspecified atom stereocenters. The molecule has 4 nitrogen and oxygen atoms in total. The zero-order valence-electron chi connectivity index (χ0n) is 10.7. The van der Waals surface area contributed by atoms with E-state index in [0.29, 0.717) is 11.3 Å². The van der Waals surface area contributed by atoms with E-state index in [-0.39, 0.29) is 16.8 Å². The maximum atomic E-state index is 12.5. The van der Waals surface area contributed by atoms with Crippen molar-refractivity contribution < 1.29 is 21.6 Å². The first-order valence-corrected chi connectivity index (χ1v) is 8.71. The van der Waals surface area contributed by atoms with Gasteiger partial charge < -0.3 is 4.57 Å². The summed E-state index contributed by atoms with van der Waals surface area (Å²) in [5, 5.41) is 1.16. The predicted octanol–water partition coefficient (Wildman–Crippen LogP) is 3.27. The monoisotopic (exact) mass is 336 g/mol. The summed E-state index contributed by atoms with van der Waals surface area (Å²) in [5.41, 5.74) is 0.137. The molecule has 3 rings (SSSR count). The van der Waals surface area contributed by atoms with Gasteiger partial charge in [0.05, 0.1) is 5.75 Å². The molecular weight excluding hydrogens is 325 g/mol. The molecule has 2 heterocycles. The van der Waals surface area contributed by atoms with Gasteiger partial charge in [0.15, 0.2) is 0 Å². The third-order valence-corrected chi connectivity index (χ3v) is 5.75. The van der Waals surface area contributed by atoms with Gasteiger partial charge in [-0.15, -0.1) is 11.3 Å². The molecule has 0 saturated heterocycles. The Morgan fingerprint density at radius 3 is 2.67 bits per heavy atom. The summed E-state index contributed by atoms with van der Waals surface area (Å²) in [4.78, 5) is 3.06. The molecule has 1 saturated carbocycles. The lowest BCUT2D eigenvalue weighted by molar-refractivity contribution is -0.134. The Labute approximate surface area is 123 Å². The molecule has 0 bridgehead atoms. The Morgan fingerprint density at radius 1 is 1.38 bits per heavy atom. The Kier molecular flexibility index (Phi) is 3.36. The minimum absolute atomic E-state index is 0.0650. The summed E-state index contributed by atoms with van der Waals surface area (Å²) in [6.07, 6.45) is 0.351. The average Bonchev–Trinajstić information content (AvgIpc) is 2.89. The van der Waals surface area contributed by atoms with E-state index in [1.54, 1.807) is 10.8 Å². The summed E-state index contributed by atoms with van der Waals surface area (Å²) in [6.45, 7) is 0. The number of hydrogen-bond acceptors (Lipinski definition) is 4. The SMILES string of the molecule is O=S(=O)(Cc1csc(C(F)(F)F)c1)c1nccn1C1CC1. The molecule has 1 aliphatic rings. The second-order valence-electron chi connectivity index (χ2n) is 4.92. The molecule has 0 aliphatic heterocycles. The van der Waals surface area contributed by atoms with Crippen molar-refractivity contribution in [1.29, 1.82) is 0 Å². The first kappa shape index (κ1) is 14.6. The molecule has 0 N–H and O–H groups in total. The highest BCUT2D eigenvalue weighted by atomic mass is 32.2. The third kappa shape index (κ3) is 2.98. The minimum atomic E-state index is -4.45. The van der Waals surface area contributed by atoms with Crippen LogP contribution in [0.4, 0.5) is 13.2 Å². The number of alkyl halides is 3. The quantitative estimate of drug-likeness (QED) is 0.861. The minimum Gasteiger partial charge on any atom is -0.319 e. The molecule has 21 heavy (non-hydrogen) atoms. The number of thiophene rings is 1. The molecule has 1 aliphatic carbocycles. The van der Waals surface area contributed by atoms with Gasteiger partial charge in [0.1, 0.15) is 4.88 Å². The van der Waals surface area contributed by atoms with E-state index in [1.807, 2.05) is 0 Å². The van der Waals surface area contributed by atoms with Crippen LogP contribution >= 0.6 is 11.3 Å². The van der Waals surface area contributed by atoms with E-state index in [9.17, 15) is 21.6 Å². The van der Waals surface area contributed by atoms with Gasteiger partial charge >= 0.3 is 6.18 Å². The van der Waals surface area contributed by atoms with Crippen LogP contribution in [0.1, 0.15) is 29.3 Å². The second kappa shape index (κ2) is 4.84. The molecule has 0 atom stereocenters. The van der Waals surface area contributed by atoms with Gasteiger partial charge in [0, 0.05) is 18.4 Å². The predicted molar refractivity (Wildman–Crippen MR) is 70.7 cm³/mol. The lowest BCUT2D eigenvalue weighted by Crippen LogP contribution is -2.12. The summed E-state index contributed by atoms with van der Waals surface area (Å²) in [7, 11) is -3.75. The lowest BCUT2D eigenvalue weighted by atomic mass is 10.3. The summed E-state index contributed by atoms with van der Waals surface area (Å²) in [5.74, 6) is -0.469. The highest BCUT2D eigenvalue weighted by Crippen LogP contribution is 2.38. The second-order valence-corrected chi connectivity index (χ2v) is 7.72. The van der Waals surface area contributed by atoms with E-state index >= 15 is 0 Å². The van der Waals surface area contributed by atoms with Gasteiger partial charge in [-0.05, 0) is 29.9 Å². The lowest BCUT2D eigenvalue weighted by Gasteiger charge is -2.06. The first-order chi connectivity index (χ1) is 9.77. The largest absolute Gasteiger partial charge is 0.425 e. The number of halogens is 3. The van der Waals surface area contributed by atoms with Gasteiger partial charge in [0.25, 0.3) is 0 Å². The number of aromatic nitrogens is 2. The van der Waals surface area contributed by atoms with Crippen LogP contribution in [0.15, 0.2) is 29.0 Å². The van der Waals surface area contributed by atoms with Gasteiger partial charge in [0.2, 0.25) is 15.0 Å². The van der Waals surface area contributed by atoms with Crippen LogP contribution in [0.5, 0.6) is 0 Å². The molecule has 9 heteroatoms. The fraction of sp³-hybridized carbons (Fsp3) is 0.417. The Hall–Kier alpha value is -1.35. The highest BCUT2D eigenvalue weighted by Gasteiger charge is 2.34. The molecule has 2 aromatic rings. The number of hydrogen-bond donors (Lipinski definition) is 0. The Morgan fingerprint density at radius 2 is 2.10 bits per heavy atom. The summed E-state index contributed by atoms with van der Waals surface area (Å²) < 4.78 is 63.8. The van der Waals surface area contributed by atoms with Gasteiger partial charge in [-0.1, -0.05) is 0 Å². The zero-order valence-corrected chi connectivity index (χ0v) is 12.3. The Balaban J connectivity index is 1.86. The molecule has 0 amide bonds. The zero-order chi connectivity index (χ0) is 15.3. The van der Waals surface area contributed by atoms with Crippen LogP contribution in [-0.2, 0) is 21.8 Å². The normalized spacial score (nSPS) is 16.3.